The first kappa shape index (κ1) is 13.3. The largest absolute Gasteiger partial charge is 0.496 e. The molecule has 0 amide bonds. The van der Waals surface area contributed by atoms with E-state index in [1.165, 1.54) is 5.56 Å². The number of aromatic nitrogens is 1. The van der Waals surface area contributed by atoms with E-state index in [0.29, 0.717) is 12.4 Å². The van der Waals surface area contributed by atoms with Gasteiger partial charge in [-0.3, -0.25) is 0 Å². The molecule has 0 fully saturated rings. The van der Waals surface area contributed by atoms with Crippen LogP contribution in [0.25, 0.3) is 0 Å². The third-order valence-electron chi connectivity index (χ3n) is 3.31. The highest BCUT2D eigenvalue weighted by molar-refractivity contribution is 5.59. The van der Waals surface area contributed by atoms with E-state index in [0.717, 1.165) is 22.8 Å². The lowest BCUT2D eigenvalue weighted by Gasteiger charge is -2.22. The first-order valence-electron chi connectivity index (χ1n) is 6.09. The number of nitrogens with two attached hydrogens (primary N) is 1. The Hall–Kier alpha value is -2.17. The van der Waals surface area contributed by atoms with E-state index >= 15 is 0 Å². The zero-order valence-electron chi connectivity index (χ0n) is 11.7. The van der Waals surface area contributed by atoms with Crippen molar-refractivity contribution in [1.82, 2.24) is 5.16 Å². The van der Waals surface area contributed by atoms with Crippen molar-refractivity contribution in [2.45, 2.75) is 20.4 Å². The van der Waals surface area contributed by atoms with Crippen LogP contribution in [0, 0.1) is 13.8 Å². The van der Waals surface area contributed by atoms with Gasteiger partial charge >= 0.3 is 0 Å². The van der Waals surface area contributed by atoms with Crippen LogP contribution in [0.15, 0.2) is 22.7 Å². The molecule has 5 nitrogen and oxygen atoms in total. The average Bonchev–Trinajstić information content (AvgIpc) is 2.78. The van der Waals surface area contributed by atoms with Crippen molar-refractivity contribution < 1.29 is 9.26 Å². The van der Waals surface area contributed by atoms with Crippen LogP contribution in [-0.2, 0) is 6.54 Å². The monoisotopic (exact) mass is 261 g/mol. The Kier molecular flexibility index (Phi) is 3.64. The maximum atomic E-state index is 5.54. The standard InChI is InChI=1S/C14H19N3O2/c1-9-10(2)13(18-4)6-5-12(9)17(3)8-11-7-14(15)16-19-11/h5-7H,8H2,1-4H3,(H2,15,16). The number of benzene rings is 1. The first-order chi connectivity index (χ1) is 9.02. The van der Waals surface area contributed by atoms with E-state index in [2.05, 4.69) is 23.9 Å². The number of rotatable bonds is 4. The highest BCUT2D eigenvalue weighted by Crippen LogP contribution is 2.30. The highest BCUT2D eigenvalue weighted by atomic mass is 16.5. The topological polar surface area (TPSA) is 64.5 Å². The van der Waals surface area contributed by atoms with Crippen LogP contribution in [-0.4, -0.2) is 19.3 Å². The summed E-state index contributed by atoms with van der Waals surface area (Å²) >= 11 is 0. The van der Waals surface area contributed by atoms with Crippen LogP contribution in [0.5, 0.6) is 5.75 Å². The summed E-state index contributed by atoms with van der Waals surface area (Å²) in [7, 11) is 3.69. The summed E-state index contributed by atoms with van der Waals surface area (Å²) in [6.07, 6.45) is 0. The molecule has 2 aromatic rings. The van der Waals surface area contributed by atoms with Crippen LogP contribution in [0.3, 0.4) is 0 Å². The Morgan fingerprint density at radius 3 is 2.63 bits per heavy atom. The van der Waals surface area contributed by atoms with Gasteiger partial charge in [0.25, 0.3) is 0 Å². The summed E-state index contributed by atoms with van der Waals surface area (Å²) < 4.78 is 10.4. The molecule has 0 atom stereocenters. The van der Waals surface area contributed by atoms with Gasteiger partial charge in [0, 0.05) is 18.8 Å². The van der Waals surface area contributed by atoms with E-state index in [-0.39, 0.29) is 0 Å². The molecule has 5 heteroatoms. The summed E-state index contributed by atoms with van der Waals surface area (Å²) in [4.78, 5) is 2.10. The number of methoxy groups -OCH3 is 1. The molecule has 0 radical (unpaired) electrons. The summed E-state index contributed by atoms with van der Waals surface area (Å²) in [6, 6.07) is 5.76. The Morgan fingerprint density at radius 2 is 2.05 bits per heavy atom. The van der Waals surface area contributed by atoms with Crippen molar-refractivity contribution in [3.63, 3.8) is 0 Å². The van der Waals surface area contributed by atoms with E-state index < -0.39 is 0 Å². The molecular formula is C14H19N3O2. The van der Waals surface area contributed by atoms with Gasteiger partial charge in [0.2, 0.25) is 0 Å². The van der Waals surface area contributed by atoms with Crippen molar-refractivity contribution in [2.75, 3.05) is 24.8 Å². The number of nitrogens with zero attached hydrogens (tertiary/aromatic N) is 2. The van der Waals surface area contributed by atoms with Gasteiger partial charge in [-0.05, 0) is 37.1 Å². The molecule has 0 saturated heterocycles. The van der Waals surface area contributed by atoms with Crippen LogP contribution in [0.1, 0.15) is 16.9 Å². The Bertz CT molecular complexity index is 578. The van der Waals surface area contributed by atoms with E-state index in [9.17, 15) is 0 Å². The fourth-order valence-corrected chi connectivity index (χ4v) is 2.14. The third kappa shape index (κ3) is 2.65. The van der Waals surface area contributed by atoms with Crippen LogP contribution >= 0.6 is 0 Å². The summed E-state index contributed by atoms with van der Waals surface area (Å²) in [5.41, 5.74) is 9.01. The minimum absolute atomic E-state index is 0.408. The molecule has 2 N–H and O–H groups in total. The van der Waals surface area contributed by atoms with Gasteiger partial charge in [-0.1, -0.05) is 5.16 Å². The van der Waals surface area contributed by atoms with Gasteiger partial charge in [0.15, 0.2) is 11.6 Å². The normalized spacial score (nSPS) is 10.5. The molecule has 1 aromatic heterocycles. The van der Waals surface area contributed by atoms with Crippen LogP contribution < -0.4 is 15.4 Å². The second kappa shape index (κ2) is 5.22. The highest BCUT2D eigenvalue weighted by Gasteiger charge is 2.12. The summed E-state index contributed by atoms with van der Waals surface area (Å²) in [6.45, 7) is 4.76. The zero-order valence-corrected chi connectivity index (χ0v) is 11.7. The molecule has 0 spiro atoms. The fourth-order valence-electron chi connectivity index (χ4n) is 2.14. The van der Waals surface area contributed by atoms with Gasteiger partial charge in [0.1, 0.15) is 5.75 Å². The Morgan fingerprint density at radius 1 is 1.32 bits per heavy atom. The van der Waals surface area contributed by atoms with Crippen LogP contribution in [0.4, 0.5) is 11.5 Å². The molecule has 0 aliphatic rings. The van der Waals surface area contributed by atoms with Crippen molar-refractivity contribution >= 4 is 11.5 Å². The van der Waals surface area contributed by atoms with Crippen molar-refractivity contribution in [3.8, 4) is 5.75 Å². The van der Waals surface area contributed by atoms with Crippen LogP contribution in [0.2, 0.25) is 0 Å². The van der Waals surface area contributed by atoms with Gasteiger partial charge in [0.05, 0.1) is 13.7 Å². The lowest BCUT2D eigenvalue weighted by atomic mass is 10.1. The molecular weight excluding hydrogens is 242 g/mol. The second-order valence-electron chi connectivity index (χ2n) is 4.61. The van der Waals surface area contributed by atoms with Gasteiger partial charge < -0.3 is 19.9 Å². The van der Waals surface area contributed by atoms with E-state index in [4.69, 9.17) is 15.0 Å². The predicted octanol–water partition coefficient (Wildman–Crippen LogP) is 2.52. The molecule has 0 bridgehead atoms. The molecule has 0 saturated carbocycles. The number of nitrogen functional groups attached to an aromatic ring is 1. The lowest BCUT2D eigenvalue weighted by molar-refractivity contribution is 0.385. The molecule has 1 heterocycles. The fraction of sp³-hybridized carbons (Fsp3) is 0.357. The van der Waals surface area contributed by atoms with E-state index in [1.54, 1.807) is 13.2 Å². The molecule has 0 unspecified atom stereocenters. The van der Waals surface area contributed by atoms with Gasteiger partial charge in [-0.25, -0.2) is 0 Å². The maximum Gasteiger partial charge on any atom is 0.167 e. The van der Waals surface area contributed by atoms with Crippen molar-refractivity contribution in [1.29, 1.82) is 0 Å². The van der Waals surface area contributed by atoms with Crippen molar-refractivity contribution in [2.24, 2.45) is 0 Å². The number of hydrogen-bond donors (Lipinski definition) is 1. The lowest BCUT2D eigenvalue weighted by Crippen LogP contribution is -2.17. The minimum Gasteiger partial charge on any atom is -0.496 e. The maximum absolute atomic E-state index is 5.54. The quantitative estimate of drug-likeness (QED) is 0.916. The summed E-state index contributed by atoms with van der Waals surface area (Å²) in [5.74, 6) is 2.05. The SMILES string of the molecule is COc1ccc(N(C)Cc2cc(N)no2)c(C)c1C. The minimum atomic E-state index is 0.408. The Labute approximate surface area is 112 Å². The second-order valence-corrected chi connectivity index (χ2v) is 4.61. The molecule has 19 heavy (non-hydrogen) atoms. The van der Waals surface area contributed by atoms with Crippen molar-refractivity contribution in [3.05, 3.63) is 35.1 Å². The molecule has 0 aliphatic carbocycles. The van der Waals surface area contributed by atoms with Gasteiger partial charge in [-0.2, -0.15) is 0 Å². The molecule has 1 aromatic carbocycles. The zero-order chi connectivity index (χ0) is 14.0. The number of ether oxygens (including phenoxy) is 1. The smallest absolute Gasteiger partial charge is 0.167 e. The molecule has 0 aliphatic heterocycles. The van der Waals surface area contributed by atoms with Gasteiger partial charge in [-0.15, -0.1) is 0 Å². The number of anilines is 2. The predicted molar refractivity (Wildman–Crippen MR) is 75.5 cm³/mol. The number of hydrogen-bond acceptors (Lipinski definition) is 5. The third-order valence-corrected chi connectivity index (χ3v) is 3.31. The average molecular weight is 261 g/mol. The molecule has 2 rings (SSSR count). The molecule has 102 valence electrons. The first-order valence-corrected chi connectivity index (χ1v) is 6.09. The van der Waals surface area contributed by atoms with E-state index in [1.807, 2.05) is 19.2 Å². The Balaban J connectivity index is 2.24. The summed E-state index contributed by atoms with van der Waals surface area (Å²) in [5, 5.41) is 3.69.